The van der Waals surface area contributed by atoms with Gasteiger partial charge in [-0.2, -0.15) is 4.98 Å². The summed E-state index contributed by atoms with van der Waals surface area (Å²) in [7, 11) is 1.53. The van der Waals surface area contributed by atoms with Crippen molar-refractivity contribution >= 4 is 28.7 Å². The quantitative estimate of drug-likeness (QED) is 0.813. The average molecular weight is 298 g/mol. The molecule has 2 N–H and O–H groups in total. The molecule has 0 bridgehead atoms. The minimum atomic E-state index is -0.331. The average Bonchev–Trinajstić information content (AvgIpc) is 2.77. The van der Waals surface area contributed by atoms with E-state index in [1.54, 1.807) is 0 Å². The van der Waals surface area contributed by atoms with Crippen LogP contribution < -0.4 is 10.5 Å². The molecule has 0 saturated heterocycles. The highest BCUT2D eigenvalue weighted by Crippen LogP contribution is 2.27. The van der Waals surface area contributed by atoms with Crippen molar-refractivity contribution in [3.05, 3.63) is 12.2 Å². The summed E-state index contributed by atoms with van der Waals surface area (Å²) in [6, 6.07) is 0. The molecule has 1 amide bonds. The maximum absolute atomic E-state index is 10.8. The first-order valence-electron chi connectivity index (χ1n) is 6.22. The summed E-state index contributed by atoms with van der Waals surface area (Å²) >= 11 is 6.15. The van der Waals surface area contributed by atoms with E-state index in [1.165, 1.54) is 13.4 Å². The van der Waals surface area contributed by atoms with E-state index in [0.29, 0.717) is 42.3 Å². The van der Waals surface area contributed by atoms with E-state index in [4.69, 9.17) is 22.1 Å². The van der Waals surface area contributed by atoms with Crippen molar-refractivity contribution in [3.63, 3.8) is 0 Å². The van der Waals surface area contributed by atoms with Crippen LogP contribution in [0.1, 0.15) is 31.0 Å². The molecule has 0 aliphatic heterocycles. The lowest BCUT2D eigenvalue weighted by Gasteiger charge is -2.09. The number of amides is 1. The van der Waals surface area contributed by atoms with Crippen LogP contribution >= 0.6 is 11.6 Å². The Hall–Kier alpha value is -1.89. The fraction of sp³-hybridized carbons (Fsp3) is 0.500. The van der Waals surface area contributed by atoms with Gasteiger partial charge in [-0.1, -0.05) is 0 Å². The standard InChI is InChI=1S/C12H16ClN5O2/c1-7(13)10-17-9-11(15-6-16-12(9)20-2)18(10)5-3-4-8(14)19/h6-7H,3-5H2,1-2H3,(H2,14,19). The Balaban J connectivity index is 2.43. The summed E-state index contributed by atoms with van der Waals surface area (Å²) in [6.07, 6.45) is 2.32. The van der Waals surface area contributed by atoms with Gasteiger partial charge in [0, 0.05) is 13.0 Å². The molecule has 108 valence electrons. The smallest absolute Gasteiger partial charge is 0.245 e. The summed E-state index contributed by atoms with van der Waals surface area (Å²) in [5.41, 5.74) is 6.36. The zero-order valence-electron chi connectivity index (χ0n) is 11.3. The topological polar surface area (TPSA) is 95.9 Å². The number of rotatable bonds is 6. The number of aromatic nitrogens is 4. The summed E-state index contributed by atoms with van der Waals surface area (Å²) < 4.78 is 7.05. The predicted octanol–water partition coefficient (Wildman–Crippen LogP) is 1.40. The van der Waals surface area contributed by atoms with E-state index in [9.17, 15) is 4.79 Å². The van der Waals surface area contributed by atoms with Crippen LogP contribution in [0.15, 0.2) is 6.33 Å². The second-order valence-electron chi connectivity index (χ2n) is 4.36. The number of carbonyl (C=O) groups excluding carboxylic acids is 1. The third kappa shape index (κ3) is 2.82. The SMILES string of the molecule is COc1ncnc2c1nc(C(C)Cl)n2CCCC(N)=O. The van der Waals surface area contributed by atoms with Crippen molar-refractivity contribution in [1.82, 2.24) is 19.5 Å². The number of nitrogens with zero attached hydrogens (tertiary/aromatic N) is 4. The highest BCUT2D eigenvalue weighted by Gasteiger charge is 2.19. The first kappa shape index (κ1) is 14.5. The minimum absolute atomic E-state index is 0.289. The number of aryl methyl sites for hydroxylation is 1. The molecular weight excluding hydrogens is 282 g/mol. The van der Waals surface area contributed by atoms with Gasteiger partial charge in [-0.15, -0.1) is 11.6 Å². The van der Waals surface area contributed by atoms with Gasteiger partial charge >= 0.3 is 0 Å². The Kier molecular flexibility index (Phi) is 4.39. The molecular formula is C12H16ClN5O2. The van der Waals surface area contributed by atoms with Crippen LogP contribution in [0.25, 0.3) is 11.2 Å². The van der Waals surface area contributed by atoms with Crippen molar-refractivity contribution in [2.75, 3.05) is 7.11 Å². The Morgan fingerprint density at radius 1 is 1.55 bits per heavy atom. The number of imidazole rings is 1. The van der Waals surface area contributed by atoms with Crippen LogP contribution in [0.5, 0.6) is 5.88 Å². The normalized spacial score (nSPS) is 12.6. The van der Waals surface area contributed by atoms with Crippen molar-refractivity contribution in [1.29, 1.82) is 0 Å². The Labute approximate surface area is 121 Å². The highest BCUT2D eigenvalue weighted by molar-refractivity contribution is 6.20. The number of methoxy groups -OCH3 is 1. The fourth-order valence-electron chi connectivity index (χ4n) is 2.02. The third-order valence-electron chi connectivity index (χ3n) is 2.88. The van der Waals surface area contributed by atoms with Crippen molar-refractivity contribution in [2.45, 2.75) is 31.7 Å². The molecule has 0 aliphatic rings. The number of hydrogen-bond acceptors (Lipinski definition) is 5. The lowest BCUT2D eigenvalue weighted by molar-refractivity contribution is -0.118. The summed E-state index contributed by atoms with van der Waals surface area (Å²) in [4.78, 5) is 23.5. The summed E-state index contributed by atoms with van der Waals surface area (Å²) in [5.74, 6) is 0.745. The second-order valence-corrected chi connectivity index (χ2v) is 5.02. The second kappa shape index (κ2) is 6.04. The molecule has 0 fully saturated rings. The summed E-state index contributed by atoms with van der Waals surface area (Å²) in [5, 5.41) is -0.289. The molecule has 1 atom stereocenters. The molecule has 2 rings (SSSR count). The minimum Gasteiger partial charge on any atom is -0.479 e. The maximum Gasteiger partial charge on any atom is 0.245 e. The number of alkyl halides is 1. The molecule has 0 radical (unpaired) electrons. The molecule has 2 aromatic rings. The van der Waals surface area contributed by atoms with Crippen LogP contribution in [0.4, 0.5) is 0 Å². The van der Waals surface area contributed by atoms with E-state index < -0.39 is 0 Å². The molecule has 0 saturated carbocycles. The van der Waals surface area contributed by atoms with E-state index in [1.807, 2.05) is 11.5 Å². The molecule has 8 heteroatoms. The monoisotopic (exact) mass is 297 g/mol. The Bertz CT molecular complexity index is 626. The van der Waals surface area contributed by atoms with E-state index in [0.717, 1.165) is 0 Å². The van der Waals surface area contributed by atoms with Gasteiger partial charge in [-0.05, 0) is 13.3 Å². The molecule has 2 heterocycles. The molecule has 0 spiro atoms. The summed E-state index contributed by atoms with van der Waals surface area (Å²) in [6.45, 7) is 2.39. The van der Waals surface area contributed by atoms with E-state index in [2.05, 4.69) is 15.0 Å². The first-order valence-corrected chi connectivity index (χ1v) is 6.65. The number of carbonyl (C=O) groups is 1. The van der Waals surface area contributed by atoms with Crippen molar-refractivity contribution in [3.8, 4) is 5.88 Å². The van der Waals surface area contributed by atoms with Gasteiger partial charge in [0.15, 0.2) is 11.2 Å². The van der Waals surface area contributed by atoms with Gasteiger partial charge in [-0.3, -0.25) is 4.79 Å². The largest absolute Gasteiger partial charge is 0.479 e. The molecule has 2 aromatic heterocycles. The molecule has 1 unspecified atom stereocenters. The van der Waals surface area contributed by atoms with Gasteiger partial charge in [0.1, 0.15) is 12.2 Å². The number of primary amides is 1. The van der Waals surface area contributed by atoms with Crippen LogP contribution in [0.3, 0.4) is 0 Å². The van der Waals surface area contributed by atoms with Crippen molar-refractivity contribution < 1.29 is 9.53 Å². The van der Waals surface area contributed by atoms with Gasteiger partial charge in [0.25, 0.3) is 0 Å². The number of fused-ring (bicyclic) bond motifs is 1. The van der Waals surface area contributed by atoms with E-state index >= 15 is 0 Å². The van der Waals surface area contributed by atoms with E-state index in [-0.39, 0.29) is 11.3 Å². The van der Waals surface area contributed by atoms with Gasteiger partial charge in [0.2, 0.25) is 11.8 Å². The molecule has 0 aromatic carbocycles. The van der Waals surface area contributed by atoms with Crippen LogP contribution in [-0.2, 0) is 11.3 Å². The Morgan fingerprint density at radius 2 is 2.30 bits per heavy atom. The third-order valence-corrected chi connectivity index (χ3v) is 3.08. The lowest BCUT2D eigenvalue weighted by atomic mass is 10.3. The van der Waals surface area contributed by atoms with Crippen LogP contribution in [-0.4, -0.2) is 32.5 Å². The molecule has 20 heavy (non-hydrogen) atoms. The maximum atomic E-state index is 10.8. The lowest BCUT2D eigenvalue weighted by Crippen LogP contribution is -2.12. The predicted molar refractivity (Wildman–Crippen MR) is 74.6 cm³/mol. The number of halogens is 1. The number of hydrogen-bond donors (Lipinski definition) is 1. The first-order chi connectivity index (χ1) is 9.54. The van der Waals surface area contributed by atoms with Gasteiger partial charge in [0.05, 0.1) is 12.5 Å². The zero-order chi connectivity index (χ0) is 14.7. The molecule has 0 aliphatic carbocycles. The van der Waals surface area contributed by atoms with Crippen molar-refractivity contribution in [2.24, 2.45) is 5.73 Å². The fourth-order valence-corrected chi connectivity index (χ4v) is 2.18. The zero-order valence-corrected chi connectivity index (χ0v) is 12.1. The highest BCUT2D eigenvalue weighted by atomic mass is 35.5. The molecule has 7 nitrogen and oxygen atoms in total. The Morgan fingerprint density at radius 3 is 2.90 bits per heavy atom. The van der Waals surface area contributed by atoms with Crippen LogP contribution in [0, 0.1) is 0 Å². The van der Waals surface area contributed by atoms with Crippen LogP contribution in [0.2, 0.25) is 0 Å². The number of nitrogens with two attached hydrogens (primary N) is 1. The number of ether oxygens (including phenoxy) is 1. The van der Waals surface area contributed by atoms with Gasteiger partial charge in [-0.25, -0.2) is 9.97 Å². The van der Waals surface area contributed by atoms with Gasteiger partial charge < -0.3 is 15.0 Å².